The van der Waals surface area contributed by atoms with Crippen LogP contribution in [0.15, 0.2) is 18.3 Å². The standard InChI is InChI=1S/C20H28F3N3/c1-3-13(2)15-8-5-9-16(11-15)25-19-24-12-17(20(21,22)23)18(26-19)10-14-6-4-7-14/h12,14-16H,2-11H2,1H3,(H,24,25,26). The van der Waals surface area contributed by atoms with Crippen molar-refractivity contribution < 1.29 is 13.2 Å². The molecule has 0 aromatic carbocycles. The maximum absolute atomic E-state index is 13.3. The van der Waals surface area contributed by atoms with Crippen LogP contribution in [0.25, 0.3) is 0 Å². The molecule has 0 radical (unpaired) electrons. The molecule has 2 saturated carbocycles. The number of hydrogen-bond donors (Lipinski definition) is 1. The summed E-state index contributed by atoms with van der Waals surface area (Å²) in [6.45, 7) is 6.27. The number of nitrogens with one attached hydrogen (secondary N) is 1. The van der Waals surface area contributed by atoms with Gasteiger partial charge in [0.1, 0.15) is 0 Å². The lowest BCUT2D eigenvalue weighted by Gasteiger charge is -2.31. The molecule has 6 heteroatoms. The van der Waals surface area contributed by atoms with E-state index in [1.807, 2.05) is 0 Å². The second kappa shape index (κ2) is 7.97. The molecule has 1 heterocycles. The van der Waals surface area contributed by atoms with E-state index in [-0.39, 0.29) is 11.7 Å². The Morgan fingerprint density at radius 2 is 1.96 bits per heavy atom. The van der Waals surface area contributed by atoms with Crippen molar-refractivity contribution in [2.45, 2.75) is 76.9 Å². The number of nitrogens with zero attached hydrogens (tertiary/aromatic N) is 2. The molecule has 26 heavy (non-hydrogen) atoms. The van der Waals surface area contributed by atoms with Gasteiger partial charge in [0.25, 0.3) is 0 Å². The molecular formula is C20H28F3N3. The van der Waals surface area contributed by atoms with Crippen molar-refractivity contribution in [1.29, 1.82) is 0 Å². The second-order valence-electron chi connectivity index (χ2n) is 7.77. The highest BCUT2D eigenvalue weighted by atomic mass is 19.4. The first-order valence-corrected chi connectivity index (χ1v) is 9.74. The molecule has 144 valence electrons. The van der Waals surface area contributed by atoms with Gasteiger partial charge in [-0.1, -0.05) is 44.8 Å². The Balaban J connectivity index is 1.73. The molecule has 0 amide bonds. The molecule has 2 aliphatic carbocycles. The molecular weight excluding hydrogens is 339 g/mol. The third-order valence-corrected chi connectivity index (χ3v) is 5.92. The fourth-order valence-electron chi connectivity index (χ4n) is 4.01. The molecule has 0 bridgehead atoms. The summed E-state index contributed by atoms with van der Waals surface area (Å²) in [4.78, 5) is 8.26. The minimum absolute atomic E-state index is 0.144. The minimum Gasteiger partial charge on any atom is -0.351 e. The van der Waals surface area contributed by atoms with Crippen molar-refractivity contribution in [2.24, 2.45) is 11.8 Å². The normalized spacial score (nSPS) is 24.2. The smallest absolute Gasteiger partial charge is 0.351 e. The van der Waals surface area contributed by atoms with Gasteiger partial charge in [0, 0.05) is 12.2 Å². The van der Waals surface area contributed by atoms with E-state index in [2.05, 4.69) is 28.8 Å². The molecule has 0 aliphatic heterocycles. The molecule has 1 N–H and O–H groups in total. The van der Waals surface area contributed by atoms with Gasteiger partial charge < -0.3 is 5.32 Å². The summed E-state index contributed by atoms with van der Waals surface area (Å²) >= 11 is 0. The summed E-state index contributed by atoms with van der Waals surface area (Å²) < 4.78 is 39.8. The Morgan fingerprint density at radius 3 is 2.58 bits per heavy atom. The van der Waals surface area contributed by atoms with Crippen molar-refractivity contribution in [3.63, 3.8) is 0 Å². The molecule has 3 nitrogen and oxygen atoms in total. The van der Waals surface area contributed by atoms with E-state index in [1.54, 1.807) is 0 Å². The highest BCUT2D eigenvalue weighted by Gasteiger charge is 2.36. The largest absolute Gasteiger partial charge is 0.419 e. The summed E-state index contributed by atoms with van der Waals surface area (Å²) in [6, 6.07) is 0.199. The summed E-state index contributed by atoms with van der Waals surface area (Å²) in [5.41, 5.74) is 0.719. The zero-order valence-corrected chi connectivity index (χ0v) is 15.4. The highest BCUT2D eigenvalue weighted by molar-refractivity contribution is 5.33. The average molecular weight is 367 g/mol. The van der Waals surface area contributed by atoms with Crippen molar-refractivity contribution in [3.05, 3.63) is 29.6 Å². The van der Waals surface area contributed by atoms with Crippen LogP contribution in [0.3, 0.4) is 0 Å². The number of hydrogen-bond acceptors (Lipinski definition) is 3. The van der Waals surface area contributed by atoms with E-state index in [9.17, 15) is 13.2 Å². The minimum atomic E-state index is -4.40. The van der Waals surface area contributed by atoms with E-state index in [0.717, 1.165) is 57.6 Å². The van der Waals surface area contributed by atoms with Gasteiger partial charge in [-0.05, 0) is 43.9 Å². The molecule has 2 atom stereocenters. The van der Waals surface area contributed by atoms with E-state index < -0.39 is 11.7 Å². The van der Waals surface area contributed by atoms with Gasteiger partial charge in [-0.15, -0.1) is 0 Å². The molecule has 2 aliphatic rings. The predicted molar refractivity (Wildman–Crippen MR) is 96.9 cm³/mol. The Hall–Kier alpha value is -1.59. The molecule has 1 aromatic rings. The van der Waals surface area contributed by atoms with Gasteiger partial charge in [-0.3, -0.25) is 0 Å². The van der Waals surface area contributed by atoms with Gasteiger partial charge in [0.2, 0.25) is 5.95 Å². The summed E-state index contributed by atoms with van der Waals surface area (Å²) in [7, 11) is 0. The third-order valence-electron chi connectivity index (χ3n) is 5.92. The number of halogens is 3. The van der Waals surface area contributed by atoms with Crippen molar-refractivity contribution in [2.75, 3.05) is 5.32 Å². The fourth-order valence-corrected chi connectivity index (χ4v) is 4.01. The van der Waals surface area contributed by atoms with E-state index in [4.69, 9.17) is 0 Å². The number of aromatic nitrogens is 2. The van der Waals surface area contributed by atoms with Crippen LogP contribution in [-0.4, -0.2) is 16.0 Å². The Bertz CT molecular complexity index is 638. The SMILES string of the molecule is C=C(CC)C1CCCC(Nc2ncc(C(F)(F)F)c(CC3CCC3)n2)C1. The van der Waals surface area contributed by atoms with E-state index >= 15 is 0 Å². The van der Waals surface area contributed by atoms with Gasteiger partial charge in [-0.2, -0.15) is 13.2 Å². The zero-order chi connectivity index (χ0) is 18.7. The van der Waals surface area contributed by atoms with Crippen molar-refractivity contribution in [1.82, 2.24) is 9.97 Å². The Kier molecular flexibility index (Phi) is 5.88. The van der Waals surface area contributed by atoms with Crippen molar-refractivity contribution >= 4 is 5.95 Å². The monoisotopic (exact) mass is 367 g/mol. The number of alkyl halides is 3. The molecule has 1 aromatic heterocycles. The van der Waals surface area contributed by atoms with Crippen LogP contribution < -0.4 is 5.32 Å². The molecule has 0 spiro atoms. The van der Waals surface area contributed by atoms with E-state index in [1.165, 1.54) is 5.57 Å². The quantitative estimate of drug-likeness (QED) is 0.648. The molecule has 0 saturated heterocycles. The van der Waals surface area contributed by atoms with Gasteiger partial charge in [0.15, 0.2) is 0 Å². The first-order valence-electron chi connectivity index (χ1n) is 9.74. The van der Waals surface area contributed by atoms with Crippen LogP contribution in [0, 0.1) is 11.8 Å². The first-order chi connectivity index (χ1) is 12.4. The summed E-state index contributed by atoms with van der Waals surface area (Å²) in [5, 5.41) is 3.29. The highest BCUT2D eigenvalue weighted by Crippen LogP contribution is 2.36. The molecule has 2 unspecified atom stereocenters. The first kappa shape index (κ1) is 19.2. The predicted octanol–water partition coefficient (Wildman–Crippen LogP) is 5.77. The second-order valence-corrected chi connectivity index (χ2v) is 7.77. The Labute approximate surface area is 153 Å². The van der Waals surface area contributed by atoms with Crippen LogP contribution >= 0.6 is 0 Å². The summed E-state index contributed by atoms with van der Waals surface area (Å²) in [5.74, 6) is 1.14. The lowest BCUT2D eigenvalue weighted by molar-refractivity contribution is -0.138. The number of rotatable bonds is 6. The average Bonchev–Trinajstić information content (AvgIpc) is 2.57. The molecule has 2 fully saturated rings. The maximum atomic E-state index is 13.3. The van der Waals surface area contributed by atoms with Crippen LogP contribution in [0.2, 0.25) is 0 Å². The van der Waals surface area contributed by atoms with Crippen LogP contribution in [0.1, 0.15) is 69.5 Å². The summed E-state index contributed by atoms with van der Waals surface area (Å²) in [6.07, 6.45) is 5.20. The van der Waals surface area contributed by atoms with Gasteiger partial charge in [-0.25, -0.2) is 9.97 Å². The van der Waals surface area contributed by atoms with Crippen LogP contribution in [-0.2, 0) is 12.6 Å². The van der Waals surface area contributed by atoms with Crippen LogP contribution in [0.4, 0.5) is 19.1 Å². The Morgan fingerprint density at radius 1 is 1.23 bits per heavy atom. The van der Waals surface area contributed by atoms with Gasteiger partial charge in [0.05, 0.1) is 11.3 Å². The fraction of sp³-hybridized carbons (Fsp3) is 0.700. The third kappa shape index (κ3) is 4.57. The topological polar surface area (TPSA) is 37.8 Å². The van der Waals surface area contributed by atoms with E-state index in [0.29, 0.717) is 24.2 Å². The number of anilines is 1. The molecule has 3 rings (SSSR count). The lowest BCUT2D eigenvalue weighted by Crippen LogP contribution is -2.29. The lowest BCUT2D eigenvalue weighted by atomic mass is 9.81. The number of allylic oxidation sites excluding steroid dienone is 1. The van der Waals surface area contributed by atoms with Gasteiger partial charge >= 0.3 is 6.18 Å². The van der Waals surface area contributed by atoms with Crippen LogP contribution in [0.5, 0.6) is 0 Å². The van der Waals surface area contributed by atoms with Crippen molar-refractivity contribution in [3.8, 4) is 0 Å². The zero-order valence-electron chi connectivity index (χ0n) is 15.4. The maximum Gasteiger partial charge on any atom is 0.419 e.